The van der Waals surface area contributed by atoms with E-state index in [0.717, 1.165) is 48.9 Å². The van der Waals surface area contributed by atoms with Gasteiger partial charge in [0.2, 0.25) is 5.95 Å². The van der Waals surface area contributed by atoms with E-state index in [4.69, 9.17) is 9.72 Å². The molecule has 2 aromatic rings. The molecule has 0 radical (unpaired) electrons. The molecule has 1 fully saturated rings. The third kappa shape index (κ3) is 3.47. The molecule has 0 spiro atoms. The zero-order chi connectivity index (χ0) is 19.8. The molecule has 4 rings (SSSR count). The average Bonchev–Trinajstić information content (AvgIpc) is 3.17. The summed E-state index contributed by atoms with van der Waals surface area (Å²) >= 11 is 0. The van der Waals surface area contributed by atoms with Crippen LogP contribution in [0.5, 0.6) is 0 Å². The molecule has 1 aromatic carbocycles. The van der Waals surface area contributed by atoms with Crippen LogP contribution in [0.1, 0.15) is 42.1 Å². The number of fused-ring (bicyclic) bond motifs is 1. The van der Waals surface area contributed by atoms with Crippen LogP contribution in [-0.4, -0.2) is 40.4 Å². The molecule has 2 aliphatic rings. The van der Waals surface area contributed by atoms with E-state index < -0.39 is 0 Å². The number of aryl methyl sites for hydroxylation is 3. The minimum absolute atomic E-state index is 0.0795. The van der Waals surface area contributed by atoms with Gasteiger partial charge in [0.15, 0.2) is 0 Å². The van der Waals surface area contributed by atoms with Crippen LogP contribution in [0.25, 0.3) is 0 Å². The first-order valence-electron chi connectivity index (χ1n) is 10.3. The Bertz CT molecular complexity index is 931. The second kappa shape index (κ2) is 7.68. The Balaban J connectivity index is 1.77. The molecular formula is C22H30N4O2. The molecule has 150 valence electrons. The first kappa shape index (κ1) is 19.2. The molecule has 0 aliphatic carbocycles. The highest BCUT2D eigenvalue weighted by molar-refractivity contribution is 5.60. The third-order valence-corrected chi connectivity index (χ3v) is 6.01. The first-order chi connectivity index (χ1) is 13.5. The number of ether oxygens (including phenoxy) is 1. The molecule has 0 N–H and O–H groups in total. The van der Waals surface area contributed by atoms with Crippen LogP contribution >= 0.6 is 0 Å². The summed E-state index contributed by atoms with van der Waals surface area (Å²) < 4.78 is 7.68. The summed E-state index contributed by atoms with van der Waals surface area (Å²) in [6.45, 7) is 11.2. The van der Waals surface area contributed by atoms with Crippen LogP contribution in [0, 0.1) is 20.8 Å². The fourth-order valence-corrected chi connectivity index (χ4v) is 4.22. The summed E-state index contributed by atoms with van der Waals surface area (Å²) in [6, 6.07) is 6.45. The maximum atomic E-state index is 13.2. The molecule has 28 heavy (non-hydrogen) atoms. The molecule has 6 heteroatoms. The van der Waals surface area contributed by atoms with Crippen molar-refractivity contribution < 1.29 is 4.74 Å². The van der Waals surface area contributed by atoms with E-state index in [1.807, 2.05) is 18.4 Å². The number of rotatable bonds is 4. The Morgan fingerprint density at radius 3 is 2.68 bits per heavy atom. The summed E-state index contributed by atoms with van der Waals surface area (Å²) in [7, 11) is 0. The van der Waals surface area contributed by atoms with Crippen LogP contribution in [-0.2, 0) is 17.8 Å². The third-order valence-electron chi connectivity index (χ3n) is 6.01. The zero-order valence-corrected chi connectivity index (χ0v) is 17.4. The van der Waals surface area contributed by atoms with Crippen LogP contribution in [0.4, 0.5) is 11.6 Å². The Morgan fingerprint density at radius 2 is 2.00 bits per heavy atom. The van der Waals surface area contributed by atoms with Crippen molar-refractivity contribution in [3.63, 3.8) is 0 Å². The van der Waals surface area contributed by atoms with Crippen molar-refractivity contribution in [3.05, 3.63) is 50.9 Å². The number of benzene rings is 1. The van der Waals surface area contributed by atoms with E-state index in [0.29, 0.717) is 19.8 Å². The Morgan fingerprint density at radius 1 is 1.18 bits per heavy atom. The normalized spacial score (nSPS) is 19.9. The molecule has 0 bridgehead atoms. The minimum Gasteiger partial charge on any atom is -0.377 e. The number of hydrogen-bond acceptors (Lipinski definition) is 5. The van der Waals surface area contributed by atoms with Crippen molar-refractivity contribution in [2.24, 2.45) is 0 Å². The molecule has 0 saturated carbocycles. The number of nitrogens with zero attached hydrogens (tertiary/aromatic N) is 4. The van der Waals surface area contributed by atoms with Crippen LogP contribution in [0.15, 0.2) is 23.0 Å². The van der Waals surface area contributed by atoms with Crippen molar-refractivity contribution in [2.75, 3.05) is 24.7 Å². The summed E-state index contributed by atoms with van der Waals surface area (Å²) in [5, 5.41) is 0. The average molecular weight is 383 g/mol. The lowest BCUT2D eigenvalue weighted by molar-refractivity contribution is 0.0584. The maximum absolute atomic E-state index is 13.2. The highest BCUT2D eigenvalue weighted by Gasteiger charge is 2.30. The van der Waals surface area contributed by atoms with E-state index >= 15 is 0 Å². The Labute approximate surface area is 166 Å². The molecule has 2 aliphatic heterocycles. The van der Waals surface area contributed by atoms with E-state index in [-0.39, 0.29) is 11.7 Å². The Hall–Kier alpha value is -2.18. The molecular weight excluding hydrogens is 352 g/mol. The van der Waals surface area contributed by atoms with Crippen LogP contribution in [0.2, 0.25) is 0 Å². The second-order valence-electron chi connectivity index (χ2n) is 8.03. The monoisotopic (exact) mass is 382 g/mol. The number of anilines is 2. The van der Waals surface area contributed by atoms with Gasteiger partial charge in [-0.15, -0.1) is 0 Å². The molecule has 6 nitrogen and oxygen atoms in total. The van der Waals surface area contributed by atoms with Gasteiger partial charge in [0, 0.05) is 30.1 Å². The van der Waals surface area contributed by atoms with E-state index in [9.17, 15) is 4.79 Å². The quantitative estimate of drug-likeness (QED) is 0.812. The van der Waals surface area contributed by atoms with Crippen LogP contribution < -0.4 is 10.5 Å². The van der Waals surface area contributed by atoms with Gasteiger partial charge in [-0.05, 0) is 63.3 Å². The van der Waals surface area contributed by atoms with Gasteiger partial charge >= 0.3 is 0 Å². The smallest absolute Gasteiger partial charge is 0.259 e. The fraction of sp³-hybridized carbons (Fsp3) is 0.545. The van der Waals surface area contributed by atoms with E-state index in [1.165, 1.54) is 11.1 Å². The zero-order valence-electron chi connectivity index (χ0n) is 17.4. The highest BCUT2D eigenvalue weighted by atomic mass is 16.5. The SMILES string of the molecule is CCc1c(C)nc2n(c1=O)CN(CC1CCCO1)CN2c1ccc(C)c(C)c1. The molecule has 1 unspecified atom stereocenters. The minimum atomic E-state index is 0.0795. The summed E-state index contributed by atoms with van der Waals surface area (Å²) in [5.41, 5.74) is 5.30. The molecule has 0 amide bonds. The standard InChI is InChI=1S/C22H30N4O2/c1-5-20-17(4)23-22-25(18-9-8-15(2)16(3)11-18)13-24(14-26(22)21(20)27)12-19-7-6-10-28-19/h8-9,11,19H,5-7,10,12-14H2,1-4H3. The molecule has 1 atom stereocenters. The van der Waals surface area contributed by atoms with Crippen molar-refractivity contribution >= 4 is 11.6 Å². The topological polar surface area (TPSA) is 50.6 Å². The summed E-state index contributed by atoms with van der Waals surface area (Å²) in [6.07, 6.45) is 3.17. The summed E-state index contributed by atoms with van der Waals surface area (Å²) in [5.74, 6) is 0.742. The van der Waals surface area contributed by atoms with Crippen LogP contribution in [0.3, 0.4) is 0 Å². The molecule has 1 aromatic heterocycles. The van der Waals surface area contributed by atoms with Gasteiger partial charge in [-0.2, -0.15) is 0 Å². The molecule has 1 saturated heterocycles. The van der Waals surface area contributed by atoms with Gasteiger partial charge in [-0.25, -0.2) is 4.98 Å². The van der Waals surface area contributed by atoms with Gasteiger partial charge in [0.1, 0.15) is 0 Å². The highest BCUT2D eigenvalue weighted by Crippen LogP contribution is 2.29. The second-order valence-corrected chi connectivity index (χ2v) is 8.03. The van der Waals surface area contributed by atoms with Gasteiger partial charge in [0.05, 0.1) is 19.4 Å². The van der Waals surface area contributed by atoms with Gasteiger partial charge < -0.3 is 4.74 Å². The predicted molar refractivity (Wildman–Crippen MR) is 111 cm³/mol. The number of hydrogen-bond donors (Lipinski definition) is 0. The predicted octanol–water partition coefficient (Wildman–Crippen LogP) is 3.28. The Kier molecular flexibility index (Phi) is 5.25. The first-order valence-corrected chi connectivity index (χ1v) is 10.3. The van der Waals surface area contributed by atoms with Crippen molar-refractivity contribution in [2.45, 2.75) is 59.7 Å². The lowest BCUT2D eigenvalue weighted by atomic mass is 10.1. The van der Waals surface area contributed by atoms with E-state index in [2.05, 4.69) is 41.8 Å². The molecule has 3 heterocycles. The lowest BCUT2D eigenvalue weighted by Gasteiger charge is -2.39. The van der Waals surface area contributed by atoms with Crippen molar-refractivity contribution in [1.82, 2.24) is 14.5 Å². The lowest BCUT2D eigenvalue weighted by Crippen LogP contribution is -2.49. The largest absolute Gasteiger partial charge is 0.377 e. The van der Waals surface area contributed by atoms with Gasteiger partial charge in [-0.1, -0.05) is 13.0 Å². The maximum Gasteiger partial charge on any atom is 0.259 e. The fourth-order valence-electron chi connectivity index (χ4n) is 4.22. The van der Waals surface area contributed by atoms with Crippen molar-refractivity contribution in [3.8, 4) is 0 Å². The summed E-state index contributed by atoms with van der Waals surface area (Å²) in [4.78, 5) is 22.5. The van der Waals surface area contributed by atoms with Gasteiger partial charge in [0.25, 0.3) is 5.56 Å². The number of aromatic nitrogens is 2. The van der Waals surface area contributed by atoms with Gasteiger partial charge in [-0.3, -0.25) is 19.2 Å². The van der Waals surface area contributed by atoms with E-state index in [1.54, 1.807) is 0 Å². The van der Waals surface area contributed by atoms with Crippen molar-refractivity contribution in [1.29, 1.82) is 0 Å².